The van der Waals surface area contributed by atoms with Crippen LogP contribution in [0.25, 0.3) is 0 Å². The fraction of sp³-hybridized carbons (Fsp3) is 0. The fourth-order valence-corrected chi connectivity index (χ4v) is 3.09. The van der Waals surface area contributed by atoms with Crippen molar-refractivity contribution in [3.8, 4) is 0 Å². The molecule has 1 aromatic heterocycles. The van der Waals surface area contributed by atoms with Gasteiger partial charge in [0.05, 0.1) is 15.5 Å². The number of halogens is 1. The van der Waals surface area contributed by atoms with E-state index >= 15 is 0 Å². The minimum atomic E-state index is -0.585. The zero-order chi connectivity index (χ0) is 20.1. The summed E-state index contributed by atoms with van der Waals surface area (Å²) in [5, 5.41) is 23.0. The van der Waals surface area contributed by atoms with E-state index in [0.29, 0.717) is 10.7 Å². The van der Waals surface area contributed by atoms with Crippen LogP contribution in [0.5, 0.6) is 0 Å². The molecule has 142 valence electrons. The van der Waals surface area contributed by atoms with Crippen LogP contribution in [0.4, 0.5) is 22.9 Å². The summed E-state index contributed by atoms with van der Waals surface area (Å²) in [5.41, 5.74) is 5.46. The lowest BCUT2D eigenvalue weighted by atomic mass is 10.3. The van der Waals surface area contributed by atoms with Crippen molar-refractivity contribution in [2.45, 2.75) is 9.92 Å². The Balaban J connectivity index is 1.81. The van der Waals surface area contributed by atoms with Gasteiger partial charge in [-0.15, -0.1) is 0 Å². The predicted octanol–water partition coefficient (Wildman–Crippen LogP) is 4.54. The highest BCUT2D eigenvalue weighted by Gasteiger charge is 2.23. The van der Waals surface area contributed by atoms with Gasteiger partial charge in [-0.3, -0.25) is 31.1 Å². The topological polar surface area (TPSA) is 136 Å². The minimum absolute atomic E-state index is 0.0465. The molecule has 0 saturated carbocycles. The Labute approximate surface area is 167 Å². The molecule has 10 nitrogen and oxygen atoms in total. The zero-order valence-electron chi connectivity index (χ0n) is 13.9. The number of non-ortho nitro benzene ring substituents is 1. The van der Waals surface area contributed by atoms with Gasteiger partial charge in [0.2, 0.25) is 5.82 Å². The number of anilines is 2. The van der Waals surface area contributed by atoms with Gasteiger partial charge in [0.25, 0.3) is 5.69 Å². The van der Waals surface area contributed by atoms with Crippen LogP contribution in [0.1, 0.15) is 0 Å². The van der Waals surface area contributed by atoms with E-state index in [1.165, 1.54) is 30.6 Å². The maximum Gasteiger partial charge on any atom is 0.345 e. The first-order chi connectivity index (χ1) is 13.4. The highest BCUT2D eigenvalue weighted by atomic mass is 35.5. The second-order valence-electron chi connectivity index (χ2n) is 5.24. The van der Waals surface area contributed by atoms with Crippen LogP contribution >= 0.6 is 23.4 Å². The molecule has 3 aromatic rings. The number of nitro groups is 2. The molecular formula is C16H11ClN6O4S. The molecular weight excluding hydrogens is 408 g/mol. The Morgan fingerprint density at radius 1 is 0.893 bits per heavy atom. The molecule has 0 radical (unpaired) electrons. The number of nitro benzene ring substituents is 1. The maximum atomic E-state index is 11.6. The summed E-state index contributed by atoms with van der Waals surface area (Å²) < 4.78 is 0. The number of rotatable bonds is 7. The number of benzene rings is 2. The molecule has 0 aliphatic carbocycles. The summed E-state index contributed by atoms with van der Waals surface area (Å²) in [6.45, 7) is 0. The van der Waals surface area contributed by atoms with Crippen molar-refractivity contribution in [2.24, 2.45) is 0 Å². The Morgan fingerprint density at radius 2 is 1.57 bits per heavy atom. The summed E-state index contributed by atoms with van der Waals surface area (Å²) in [5.74, 6) is -0.0465. The molecule has 0 aliphatic rings. The van der Waals surface area contributed by atoms with Crippen LogP contribution in [-0.2, 0) is 0 Å². The number of hydrogen-bond donors (Lipinski definition) is 2. The van der Waals surface area contributed by atoms with E-state index in [2.05, 4.69) is 20.8 Å². The fourth-order valence-electron chi connectivity index (χ4n) is 2.11. The number of nitrogens with one attached hydrogen (secondary N) is 2. The molecule has 0 atom stereocenters. The van der Waals surface area contributed by atoms with Gasteiger partial charge < -0.3 is 0 Å². The van der Waals surface area contributed by atoms with Crippen LogP contribution in [0, 0.1) is 20.2 Å². The second kappa shape index (κ2) is 8.50. The normalized spacial score (nSPS) is 10.3. The summed E-state index contributed by atoms with van der Waals surface area (Å²) in [6.07, 6.45) is 1.20. The first kappa shape index (κ1) is 19.3. The third-order valence-electron chi connectivity index (χ3n) is 3.40. The van der Waals surface area contributed by atoms with Crippen molar-refractivity contribution in [1.29, 1.82) is 0 Å². The number of aromatic nitrogens is 2. The first-order valence-electron chi connectivity index (χ1n) is 7.63. The lowest BCUT2D eigenvalue weighted by Gasteiger charge is -2.10. The van der Waals surface area contributed by atoms with Crippen LogP contribution in [0.2, 0.25) is 5.02 Å². The molecule has 0 spiro atoms. The summed E-state index contributed by atoms with van der Waals surface area (Å²) in [6, 6.07) is 12.3. The van der Waals surface area contributed by atoms with Crippen molar-refractivity contribution < 1.29 is 9.85 Å². The molecule has 0 amide bonds. The van der Waals surface area contributed by atoms with Gasteiger partial charge in [-0.25, -0.2) is 9.97 Å². The molecule has 0 aliphatic heterocycles. The summed E-state index contributed by atoms with van der Waals surface area (Å²) in [7, 11) is 0. The Morgan fingerprint density at radius 3 is 2.18 bits per heavy atom. The molecule has 0 fully saturated rings. The van der Waals surface area contributed by atoms with Crippen molar-refractivity contribution in [1.82, 2.24) is 9.97 Å². The van der Waals surface area contributed by atoms with Crippen molar-refractivity contribution >= 4 is 46.2 Å². The van der Waals surface area contributed by atoms with Gasteiger partial charge >= 0.3 is 5.69 Å². The van der Waals surface area contributed by atoms with Gasteiger partial charge in [-0.2, -0.15) is 0 Å². The largest absolute Gasteiger partial charge is 0.345 e. The molecule has 2 N–H and O–H groups in total. The highest BCUT2D eigenvalue weighted by molar-refractivity contribution is 7.99. The average Bonchev–Trinajstić information content (AvgIpc) is 2.68. The quantitative estimate of drug-likeness (QED) is 0.322. The molecule has 0 unspecified atom stereocenters. The first-order valence-corrected chi connectivity index (χ1v) is 8.83. The summed E-state index contributed by atoms with van der Waals surface area (Å²) >= 11 is 6.95. The van der Waals surface area contributed by atoms with Crippen molar-refractivity contribution in [2.75, 3.05) is 10.9 Å². The van der Waals surface area contributed by atoms with Crippen molar-refractivity contribution in [3.63, 3.8) is 0 Å². The Kier molecular flexibility index (Phi) is 5.87. The van der Waals surface area contributed by atoms with E-state index in [4.69, 9.17) is 11.6 Å². The lowest BCUT2D eigenvalue weighted by molar-refractivity contribution is -0.387. The maximum absolute atomic E-state index is 11.6. The van der Waals surface area contributed by atoms with Crippen LogP contribution in [-0.4, -0.2) is 19.8 Å². The zero-order valence-corrected chi connectivity index (χ0v) is 15.5. The van der Waals surface area contributed by atoms with Crippen LogP contribution < -0.4 is 10.9 Å². The van der Waals surface area contributed by atoms with Crippen molar-refractivity contribution in [3.05, 3.63) is 80.1 Å². The van der Waals surface area contributed by atoms with Crippen LogP contribution in [0.3, 0.4) is 0 Å². The molecule has 28 heavy (non-hydrogen) atoms. The smallest absolute Gasteiger partial charge is 0.299 e. The summed E-state index contributed by atoms with van der Waals surface area (Å²) in [4.78, 5) is 29.8. The van der Waals surface area contributed by atoms with Gasteiger partial charge in [0, 0.05) is 22.1 Å². The standard InChI is InChI=1S/C16H11ClN6O4S/c17-10-1-7-13(8-2-10)28-16-14(23(26)27)15(18-9-19-16)21-20-11-3-5-12(6-4-11)22(24)25/h1-9,20H,(H,18,19,21). The van der Waals surface area contributed by atoms with E-state index in [0.717, 1.165) is 16.7 Å². The third kappa shape index (κ3) is 4.64. The van der Waals surface area contributed by atoms with E-state index in [1.54, 1.807) is 24.3 Å². The highest BCUT2D eigenvalue weighted by Crippen LogP contribution is 2.36. The monoisotopic (exact) mass is 418 g/mol. The number of nitrogens with zero attached hydrogens (tertiary/aromatic N) is 4. The molecule has 2 aromatic carbocycles. The molecule has 3 rings (SSSR count). The van der Waals surface area contributed by atoms with Gasteiger partial charge in [-0.1, -0.05) is 23.4 Å². The van der Waals surface area contributed by atoms with Gasteiger partial charge in [-0.05, 0) is 36.4 Å². The van der Waals surface area contributed by atoms with E-state index in [-0.39, 0.29) is 22.2 Å². The third-order valence-corrected chi connectivity index (χ3v) is 4.65. The van der Waals surface area contributed by atoms with E-state index in [1.807, 2.05) is 0 Å². The molecule has 12 heteroatoms. The number of hydrazine groups is 1. The van der Waals surface area contributed by atoms with Gasteiger partial charge in [0.1, 0.15) is 6.33 Å². The van der Waals surface area contributed by atoms with Crippen LogP contribution in [0.15, 0.2) is 64.8 Å². The molecule has 0 bridgehead atoms. The Bertz CT molecular complexity index is 1020. The molecule has 0 saturated heterocycles. The second-order valence-corrected chi connectivity index (χ2v) is 6.74. The van der Waals surface area contributed by atoms with E-state index < -0.39 is 9.85 Å². The average molecular weight is 419 g/mol. The minimum Gasteiger partial charge on any atom is -0.299 e. The predicted molar refractivity (Wildman–Crippen MR) is 105 cm³/mol. The Hall–Kier alpha value is -3.44. The van der Waals surface area contributed by atoms with E-state index in [9.17, 15) is 20.2 Å². The lowest BCUT2D eigenvalue weighted by Crippen LogP contribution is -2.12. The molecule has 1 heterocycles. The number of hydrogen-bond acceptors (Lipinski definition) is 9. The SMILES string of the molecule is O=[N+]([O-])c1ccc(NNc2ncnc(Sc3ccc(Cl)cc3)c2[N+](=O)[O-])cc1. The van der Waals surface area contributed by atoms with Gasteiger partial charge in [0.15, 0.2) is 5.03 Å².